The van der Waals surface area contributed by atoms with E-state index < -0.39 is 0 Å². The van der Waals surface area contributed by atoms with Gasteiger partial charge in [-0.15, -0.1) is 0 Å². The van der Waals surface area contributed by atoms with Crippen molar-refractivity contribution in [3.63, 3.8) is 0 Å². The zero-order valence-electron chi connectivity index (χ0n) is 15.6. The van der Waals surface area contributed by atoms with Gasteiger partial charge >= 0.3 is 0 Å². The number of rotatable bonds is 8. The molecule has 3 rings (SSSR count). The van der Waals surface area contributed by atoms with Gasteiger partial charge in [-0.3, -0.25) is 0 Å². The Bertz CT molecular complexity index is 882. The van der Waals surface area contributed by atoms with Crippen LogP contribution in [0.2, 0.25) is 0 Å². The predicted octanol–water partition coefficient (Wildman–Crippen LogP) is 4.43. The van der Waals surface area contributed by atoms with Crippen molar-refractivity contribution in [2.45, 2.75) is 26.7 Å². The van der Waals surface area contributed by atoms with Crippen LogP contribution >= 0.6 is 0 Å². The van der Waals surface area contributed by atoms with Gasteiger partial charge in [0.15, 0.2) is 11.6 Å². The van der Waals surface area contributed by atoms with Crippen LogP contribution in [0.4, 0.5) is 28.8 Å². The van der Waals surface area contributed by atoms with Crippen molar-refractivity contribution >= 4 is 28.8 Å². The van der Waals surface area contributed by atoms with Crippen molar-refractivity contribution in [3.8, 4) is 5.75 Å². The molecule has 3 aromatic rings. The number of hydrogen-bond acceptors (Lipinski definition) is 7. The Morgan fingerprint density at radius 1 is 1.00 bits per heavy atom. The number of unbranched alkanes of at least 4 members (excludes halogenated alkanes) is 1. The van der Waals surface area contributed by atoms with Crippen LogP contribution in [0.3, 0.4) is 0 Å². The highest BCUT2D eigenvalue weighted by Crippen LogP contribution is 2.28. The van der Waals surface area contributed by atoms with E-state index in [2.05, 4.69) is 32.5 Å². The van der Waals surface area contributed by atoms with E-state index in [1.807, 2.05) is 43.3 Å². The number of benzene rings is 1. The van der Waals surface area contributed by atoms with Gasteiger partial charge in [0.25, 0.3) is 0 Å². The van der Waals surface area contributed by atoms with Crippen molar-refractivity contribution in [2.75, 3.05) is 23.0 Å². The van der Waals surface area contributed by atoms with Crippen LogP contribution < -0.4 is 21.1 Å². The maximum Gasteiger partial charge on any atom is 0.160 e. The van der Waals surface area contributed by atoms with Crippen molar-refractivity contribution < 1.29 is 4.74 Å². The Morgan fingerprint density at radius 2 is 1.74 bits per heavy atom. The topological polar surface area (TPSA) is 98.0 Å². The quantitative estimate of drug-likeness (QED) is 0.509. The molecule has 0 amide bonds. The summed E-state index contributed by atoms with van der Waals surface area (Å²) in [5.41, 5.74) is 8.61. The molecule has 0 radical (unpaired) electrons. The first-order valence-corrected chi connectivity index (χ1v) is 8.95. The fourth-order valence-corrected chi connectivity index (χ4v) is 2.43. The Kier molecular flexibility index (Phi) is 6.04. The first kappa shape index (κ1) is 18.4. The normalized spacial score (nSPS) is 10.4. The van der Waals surface area contributed by atoms with Crippen molar-refractivity contribution in [1.29, 1.82) is 0 Å². The first-order chi connectivity index (χ1) is 13.2. The number of nitrogen functional groups attached to an aromatic ring is 1. The molecule has 7 nitrogen and oxygen atoms in total. The lowest BCUT2D eigenvalue weighted by atomic mass is 10.3. The Morgan fingerprint density at radius 3 is 2.44 bits per heavy atom. The predicted molar refractivity (Wildman–Crippen MR) is 109 cm³/mol. The second kappa shape index (κ2) is 8.84. The SMILES string of the molecule is CCCCOc1ccc(Nc2ncnc(Nc3cc(C)ccn3)c2N)cc1. The average Bonchev–Trinajstić information content (AvgIpc) is 2.67. The third-order valence-electron chi connectivity index (χ3n) is 3.93. The van der Waals surface area contributed by atoms with Gasteiger partial charge in [0.2, 0.25) is 0 Å². The molecule has 0 spiro atoms. The number of aryl methyl sites for hydroxylation is 1. The van der Waals surface area contributed by atoms with Gasteiger partial charge in [-0.2, -0.15) is 0 Å². The Hall–Kier alpha value is -3.35. The number of pyridine rings is 1. The largest absolute Gasteiger partial charge is 0.494 e. The van der Waals surface area contributed by atoms with Crippen molar-refractivity contribution in [3.05, 3.63) is 54.5 Å². The lowest BCUT2D eigenvalue weighted by Crippen LogP contribution is -2.06. The molecule has 0 atom stereocenters. The van der Waals surface area contributed by atoms with E-state index in [0.717, 1.165) is 36.4 Å². The second-order valence-electron chi connectivity index (χ2n) is 6.18. The smallest absolute Gasteiger partial charge is 0.160 e. The standard InChI is InChI=1S/C20H24N6O/c1-3-4-11-27-16-7-5-15(6-8-16)25-19-18(21)20(24-13-23-19)26-17-12-14(2)9-10-22-17/h5-10,12-13H,3-4,11,21H2,1-2H3,(H2,22,23,24,25,26). The van der Waals surface area contributed by atoms with E-state index in [-0.39, 0.29) is 0 Å². The molecule has 0 aliphatic rings. The molecule has 0 aliphatic carbocycles. The maximum absolute atomic E-state index is 6.23. The summed E-state index contributed by atoms with van der Waals surface area (Å²) in [6, 6.07) is 11.6. The van der Waals surface area contributed by atoms with Gasteiger partial charge in [-0.05, 0) is 55.3 Å². The molecule has 7 heteroatoms. The van der Waals surface area contributed by atoms with Gasteiger partial charge in [0.05, 0.1) is 6.61 Å². The van der Waals surface area contributed by atoms with E-state index in [0.29, 0.717) is 23.1 Å². The van der Waals surface area contributed by atoms with Crippen LogP contribution in [-0.4, -0.2) is 21.6 Å². The molecule has 140 valence electrons. The number of nitrogens with zero attached hydrogens (tertiary/aromatic N) is 3. The van der Waals surface area contributed by atoms with Crippen LogP contribution in [0.5, 0.6) is 5.75 Å². The lowest BCUT2D eigenvalue weighted by Gasteiger charge is -2.13. The summed E-state index contributed by atoms with van der Waals surface area (Å²) in [6.07, 6.45) is 5.35. The van der Waals surface area contributed by atoms with Crippen LogP contribution in [0.25, 0.3) is 0 Å². The summed E-state index contributed by atoms with van der Waals surface area (Å²) in [7, 11) is 0. The van der Waals surface area contributed by atoms with Gasteiger partial charge < -0.3 is 21.1 Å². The Balaban J connectivity index is 1.70. The van der Waals surface area contributed by atoms with E-state index in [4.69, 9.17) is 10.5 Å². The minimum Gasteiger partial charge on any atom is -0.494 e. The van der Waals surface area contributed by atoms with E-state index in [1.165, 1.54) is 6.33 Å². The maximum atomic E-state index is 6.23. The van der Waals surface area contributed by atoms with E-state index in [9.17, 15) is 0 Å². The minimum absolute atomic E-state index is 0.420. The number of ether oxygens (including phenoxy) is 1. The molecule has 2 aromatic heterocycles. The summed E-state index contributed by atoms with van der Waals surface area (Å²) in [4.78, 5) is 12.7. The average molecular weight is 364 g/mol. The molecular weight excluding hydrogens is 340 g/mol. The van der Waals surface area contributed by atoms with E-state index in [1.54, 1.807) is 6.20 Å². The summed E-state index contributed by atoms with van der Waals surface area (Å²) < 4.78 is 5.68. The van der Waals surface area contributed by atoms with Crippen molar-refractivity contribution in [1.82, 2.24) is 15.0 Å². The minimum atomic E-state index is 0.420. The zero-order valence-corrected chi connectivity index (χ0v) is 15.6. The molecule has 0 aliphatic heterocycles. The highest BCUT2D eigenvalue weighted by Gasteiger charge is 2.09. The highest BCUT2D eigenvalue weighted by atomic mass is 16.5. The zero-order chi connectivity index (χ0) is 19.1. The molecule has 0 bridgehead atoms. The van der Waals surface area contributed by atoms with Crippen LogP contribution in [0.1, 0.15) is 25.3 Å². The number of aromatic nitrogens is 3. The molecule has 0 unspecified atom stereocenters. The van der Waals surface area contributed by atoms with Crippen LogP contribution in [0, 0.1) is 6.92 Å². The molecular formula is C20H24N6O. The van der Waals surface area contributed by atoms with Crippen LogP contribution in [0.15, 0.2) is 48.9 Å². The van der Waals surface area contributed by atoms with Gasteiger partial charge in [0, 0.05) is 11.9 Å². The molecule has 0 saturated carbocycles. The summed E-state index contributed by atoms with van der Waals surface area (Å²) >= 11 is 0. The van der Waals surface area contributed by atoms with Crippen molar-refractivity contribution in [2.24, 2.45) is 0 Å². The fourth-order valence-electron chi connectivity index (χ4n) is 2.43. The number of hydrogen-bond donors (Lipinski definition) is 3. The fraction of sp³-hybridized carbons (Fsp3) is 0.250. The van der Waals surface area contributed by atoms with Gasteiger partial charge in [-0.1, -0.05) is 13.3 Å². The molecule has 1 aromatic carbocycles. The molecule has 27 heavy (non-hydrogen) atoms. The lowest BCUT2D eigenvalue weighted by molar-refractivity contribution is 0.309. The summed E-state index contributed by atoms with van der Waals surface area (Å²) in [5, 5.41) is 6.34. The second-order valence-corrected chi connectivity index (χ2v) is 6.18. The summed E-state index contributed by atoms with van der Waals surface area (Å²) in [6.45, 7) is 4.86. The third-order valence-corrected chi connectivity index (χ3v) is 3.93. The molecule has 0 fully saturated rings. The first-order valence-electron chi connectivity index (χ1n) is 8.95. The molecule has 4 N–H and O–H groups in total. The van der Waals surface area contributed by atoms with Gasteiger partial charge in [-0.25, -0.2) is 15.0 Å². The number of nitrogens with two attached hydrogens (primary N) is 1. The van der Waals surface area contributed by atoms with E-state index >= 15 is 0 Å². The summed E-state index contributed by atoms with van der Waals surface area (Å²) in [5.74, 6) is 2.56. The molecule has 0 saturated heterocycles. The number of nitrogens with one attached hydrogen (secondary N) is 2. The van der Waals surface area contributed by atoms with Crippen LogP contribution in [-0.2, 0) is 0 Å². The highest BCUT2D eigenvalue weighted by molar-refractivity contribution is 5.79. The Labute approximate surface area is 159 Å². The molecule has 2 heterocycles. The monoisotopic (exact) mass is 364 g/mol. The number of anilines is 5. The van der Waals surface area contributed by atoms with Gasteiger partial charge in [0.1, 0.15) is 23.6 Å². The third kappa shape index (κ3) is 5.07.